The third kappa shape index (κ3) is 3.39. The van der Waals surface area contributed by atoms with Gasteiger partial charge in [-0.1, -0.05) is 0 Å². The van der Waals surface area contributed by atoms with Crippen molar-refractivity contribution in [3.8, 4) is 11.5 Å². The molecule has 2 rings (SSSR count). The number of carbonyl (C=O) groups excluding carboxylic acids is 2. The smallest absolute Gasteiger partial charge is 0.282 e. The van der Waals surface area contributed by atoms with Crippen molar-refractivity contribution in [3.05, 3.63) is 18.2 Å². The fraction of sp³-hybridized carbons (Fsp3) is 0.385. The van der Waals surface area contributed by atoms with Gasteiger partial charge in [-0.15, -0.1) is 0 Å². The molecule has 1 heterocycles. The highest BCUT2D eigenvalue weighted by atomic mass is 16.7. The summed E-state index contributed by atoms with van der Waals surface area (Å²) in [5.74, 6) is 0.993. The van der Waals surface area contributed by atoms with Crippen molar-refractivity contribution in [1.82, 2.24) is 5.32 Å². The first-order valence-corrected chi connectivity index (χ1v) is 6.34. The Labute approximate surface area is 116 Å². The van der Waals surface area contributed by atoms with Crippen LogP contribution >= 0.6 is 0 Å². The maximum absolute atomic E-state index is 12.0. The summed E-state index contributed by atoms with van der Waals surface area (Å²) in [7, 11) is 1.56. The van der Waals surface area contributed by atoms with Gasteiger partial charge in [0.15, 0.2) is 24.1 Å². The molecule has 0 radical (unpaired) electrons. The molecule has 0 aliphatic carbocycles. The third-order valence-corrected chi connectivity index (χ3v) is 2.99. The number of hydrogen-bond acceptors (Lipinski definition) is 4. The molecule has 1 aliphatic rings. The third-order valence-electron chi connectivity index (χ3n) is 2.99. The number of ether oxygens (including phenoxy) is 2. The molecule has 7 heteroatoms. The lowest BCUT2D eigenvalue weighted by Gasteiger charge is -2.11. The van der Waals surface area contributed by atoms with Gasteiger partial charge in [0.2, 0.25) is 6.79 Å². The van der Waals surface area contributed by atoms with Crippen molar-refractivity contribution in [1.29, 1.82) is 0 Å². The largest absolute Gasteiger partial charge is 0.454 e. The van der Waals surface area contributed by atoms with E-state index in [1.165, 1.54) is 0 Å². The first-order chi connectivity index (χ1) is 9.60. The van der Waals surface area contributed by atoms with Crippen molar-refractivity contribution in [2.75, 3.05) is 25.7 Å². The van der Waals surface area contributed by atoms with Crippen LogP contribution in [0.1, 0.15) is 6.92 Å². The molecular weight excluding hydrogens is 262 g/mol. The molecule has 108 valence electrons. The minimum absolute atomic E-state index is 0.118. The molecule has 0 saturated carbocycles. The predicted molar refractivity (Wildman–Crippen MR) is 71.5 cm³/mol. The number of hydrogen-bond donors (Lipinski definition) is 3. The molecule has 1 aromatic rings. The fourth-order valence-corrected chi connectivity index (χ4v) is 1.72. The number of anilines is 1. The number of nitrogens with one attached hydrogen (secondary N) is 2. The standard InChI is InChI=1S/C13H17N3O4/c1-8(15-6-12(17)14-2)13(18)16-9-3-4-10-11(5-9)20-7-19-10/h3-5,8,15H,6-7H2,1-2H3,(H,14,17)(H,16,18)/p+1/t8-/m1/s1. The summed E-state index contributed by atoms with van der Waals surface area (Å²) in [6.07, 6.45) is 0. The molecule has 7 nitrogen and oxygen atoms in total. The second-order valence-corrected chi connectivity index (χ2v) is 4.46. The number of likely N-dealkylation sites (N-methyl/N-ethyl adjacent to an activating group) is 1. The van der Waals surface area contributed by atoms with Crippen molar-refractivity contribution in [2.45, 2.75) is 13.0 Å². The lowest BCUT2D eigenvalue weighted by molar-refractivity contribution is -0.662. The van der Waals surface area contributed by atoms with E-state index in [0.717, 1.165) is 0 Å². The Bertz CT molecular complexity index is 518. The number of fused-ring (bicyclic) bond motifs is 1. The van der Waals surface area contributed by atoms with Crippen molar-refractivity contribution in [3.63, 3.8) is 0 Å². The highest BCUT2D eigenvalue weighted by Gasteiger charge is 2.19. The van der Waals surface area contributed by atoms with E-state index in [9.17, 15) is 9.59 Å². The van der Waals surface area contributed by atoms with Gasteiger partial charge in [-0.25, -0.2) is 0 Å². The molecule has 0 aromatic heterocycles. The van der Waals surface area contributed by atoms with Crippen LogP contribution in [0.4, 0.5) is 5.69 Å². The Morgan fingerprint density at radius 2 is 2.10 bits per heavy atom. The quantitative estimate of drug-likeness (QED) is 0.648. The van der Waals surface area contributed by atoms with E-state index in [4.69, 9.17) is 9.47 Å². The van der Waals surface area contributed by atoms with Gasteiger partial charge in [0.1, 0.15) is 0 Å². The van der Waals surface area contributed by atoms with Crippen LogP contribution in [0.15, 0.2) is 18.2 Å². The number of amides is 2. The van der Waals surface area contributed by atoms with Gasteiger partial charge in [0.25, 0.3) is 11.8 Å². The van der Waals surface area contributed by atoms with Crippen molar-refractivity contribution >= 4 is 17.5 Å². The maximum atomic E-state index is 12.0. The maximum Gasteiger partial charge on any atom is 0.282 e. The highest BCUT2D eigenvalue weighted by Crippen LogP contribution is 2.34. The van der Waals surface area contributed by atoms with Crippen LogP contribution in [0.25, 0.3) is 0 Å². The number of rotatable bonds is 5. The number of quaternary nitrogens is 1. The van der Waals surface area contributed by atoms with Crippen LogP contribution in [0.5, 0.6) is 11.5 Å². The summed E-state index contributed by atoms with van der Waals surface area (Å²) >= 11 is 0. The lowest BCUT2D eigenvalue weighted by Crippen LogP contribution is -2.93. The van der Waals surface area contributed by atoms with Crippen LogP contribution < -0.4 is 25.4 Å². The van der Waals surface area contributed by atoms with Gasteiger partial charge >= 0.3 is 0 Å². The minimum Gasteiger partial charge on any atom is -0.454 e. The zero-order chi connectivity index (χ0) is 14.5. The zero-order valence-corrected chi connectivity index (χ0v) is 11.4. The Morgan fingerprint density at radius 3 is 2.85 bits per heavy atom. The van der Waals surface area contributed by atoms with E-state index in [1.807, 2.05) is 0 Å². The summed E-state index contributed by atoms with van der Waals surface area (Å²) in [5.41, 5.74) is 0.638. The lowest BCUT2D eigenvalue weighted by atomic mass is 10.2. The molecule has 0 fully saturated rings. The Kier molecular flexibility index (Phi) is 4.41. The van der Waals surface area contributed by atoms with E-state index < -0.39 is 0 Å². The summed E-state index contributed by atoms with van der Waals surface area (Å²) in [6.45, 7) is 2.15. The van der Waals surface area contributed by atoms with E-state index in [1.54, 1.807) is 37.5 Å². The second-order valence-electron chi connectivity index (χ2n) is 4.46. The number of nitrogens with two attached hydrogens (primary N) is 1. The van der Waals surface area contributed by atoms with E-state index in [2.05, 4.69) is 10.6 Å². The van der Waals surface area contributed by atoms with Crippen molar-refractivity contribution in [2.24, 2.45) is 0 Å². The van der Waals surface area contributed by atoms with Gasteiger partial charge in [0.05, 0.1) is 0 Å². The van der Waals surface area contributed by atoms with Crippen molar-refractivity contribution < 1.29 is 24.4 Å². The fourth-order valence-electron chi connectivity index (χ4n) is 1.72. The Balaban J connectivity index is 1.89. The average Bonchev–Trinajstić information content (AvgIpc) is 2.91. The van der Waals surface area contributed by atoms with Crippen LogP contribution in [0.2, 0.25) is 0 Å². The minimum atomic E-state index is -0.363. The van der Waals surface area contributed by atoms with E-state index >= 15 is 0 Å². The normalized spacial score (nSPS) is 13.7. The molecule has 1 atom stereocenters. The van der Waals surface area contributed by atoms with Crippen LogP contribution in [0, 0.1) is 0 Å². The summed E-state index contributed by atoms with van der Waals surface area (Å²) in [5, 5.41) is 6.95. The van der Waals surface area contributed by atoms with Crippen LogP contribution in [-0.2, 0) is 9.59 Å². The van der Waals surface area contributed by atoms with Gasteiger partial charge < -0.3 is 25.4 Å². The van der Waals surface area contributed by atoms with E-state index in [-0.39, 0.29) is 31.2 Å². The molecule has 0 spiro atoms. The first-order valence-electron chi connectivity index (χ1n) is 6.34. The Morgan fingerprint density at radius 1 is 1.35 bits per heavy atom. The molecule has 20 heavy (non-hydrogen) atoms. The summed E-state index contributed by atoms with van der Waals surface area (Å²) in [4.78, 5) is 23.1. The molecular formula is C13H18N3O4+. The predicted octanol–water partition coefficient (Wildman–Crippen LogP) is -0.948. The van der Waals surface area contributed by atoms with E-state index in [0.29, 0.717) is 17.2 Å². The molecule has 1 aromatic carbocycles. The SMILES string of the molecule is CNC(=O)C[NH2+][C@H](C)C(=O)Nc1ccc2c(c1)OCO2. The van der Waals surface area contributed by atoms with Gasteiger partial charge in [0, 0.05) is 18.8 Å². The molecule has 0 saturated heterocycles. The topological polar surface area (TPSA) is 93.3 Å². The molecule has 4 N–H and O–H groups in total. The molecule has 1 aliphatic heterocycles. The van der Waals surface area contributed by atoms with Gasteiger partial charge in [-0.05, 0) is 19.1 Å². The summed E-state index contributed by atoms with van der Waals surface area (Å²) in [6, 6.07) is 4.84. The number of carbonyl (C=O) groups is 2. The summed E-state index contributed by atoms with van der Waals surface area (Å²) < 4.78 is 10.4. The first kappa shape index (κ1) is 14.1. The monoisotopic (exact) mass is 280 g/mol. The second kappa shape index (κ2) is 6.25. The molecule has 0 unspecified atom stereocenters. The van der Waals surface area contributed by atoms with Crippen LogP contribution in [0.3, 0.4) is 0 Å². The van der Waals surface area contributed by atoms with Gasteiger partial charge in [-0.2, -0.15) is 0 Å². The number of benzene rings is 1. The highest BCUT2D eigenvalue weighted by molar-refractivity contribution is 5.94. The van der Waals surface area contributed by atoms with Crippen LogP contribution in [-0.4, -0.2) is 38.2 Å². The zero-order valence-electron chi connectivity index (χ0n) is 11.4. The average molecular weight is 280 g/mol. The Hall–Kier alpha value is -2.28. The van der Waals surface area contributed by atoms with Gasteiger partial charge in [-0.3, -0.25) is 9.59 Å². The molecule has 2 amide bonds. The molecule has 0 bridgehead atoms.